The van der Waals surface area contributed by atoms with Crippen molar-refractivity contribution in [3.63, 3.8) is 0 Å². The fourth-order valence-corrected chi connectivity index (χ4v) is 3.13. The molecule has 0 aliphatic carbocycles. The van der Waals surface area contributed by atoms with Crippen LogP contribution in [-0.2, 0) is 0 Å². The van der Waals surface area contributed by atoms with Crippen LogP contribution in [0, 0.1) is 6.92 Å². The standard InChI is InChI=1S/C20H23ClN4O/c1-14-22-17-6-5-7-18(24(4)13-12-23(2)3)19(17)20(26)25(14)16-10-8-15(21)9-11-16/h5-11H,12-13H2,1-4H3. The lowest BCUT2D eigenvalue weighted by atomic mass is 10.1. The quantitative estimate of drug-likeness (QED) is 0.690. The van der Waals surface area contributed by atoms with E-state index in [0.29, 0.717) is 21.7 Å². The molecule has 3 aromatic rings. The Morgan fingerprint density at radius 2 is 1.73 bits per heavy atom. The minimum Gasteiger partial charge on any atom is -0.373 e. The van der Waals surface area contributed by atoms with Crippen molar-refractivity contribution in [3.8, 4) is 5.69 Å². The topological polar surface area (TPSA) is 41.4 Å². The molecular weight excluding hydrogens is 348 g/mol. The number of halogens is 1. The summed E-state index contributed by atoms with van der Waals surface area (Å²) >= 11 is 5.99. The first-order valence-corrected chi connectivity index (χ1v) is 8.90. The molecule has 0 aliphatic heterocycles. The Kier molecular flexibility index (Phi) is 5.30. The van der Waals surface area contributed by atoms with E-state index in [1.165, 1.54) is 0 Å². The van der Waals surface area contributed by atoms with E-state index in [-0.39, 0.29) is 5.56 Å². The lowest BCUT2D eigenvalue weighted by Crippen LogP contribution is -2.30. The van der Waals surface area contributed by atoms with Crippen LogP contribution in [0.5, 0.6) is 0 Å². The minimum absolute atomic E-state index is 0.0675. The van der Waals surface area contributed by atoms with Crippen LogP contribution in [0.4, 0.5) is 5.69 Å². The van der Waals surface area contributed by atoms with E-state index in [1.807, 2.05) is 58.4 Å². The molecule has 5 nitrogen and oxygen atoms in total. The Bertz CT molecular complexity index is 980. The number of benzene rings is 2. The van der Waals surface area contributed by atoms with Crippen LogP contribution in [0.2, 0.25) is 5.02 Å². The first-order chi connectivity index (χ1) is 12.4. The Hall–Kier alpha value is -2.37. The first kappa shape index (κ1) is 18.4. The van der Waals surface area contributed by atoms with Crippen LogP contribution < -0.4 is 10.5 Å². The molecule has 0 saturated carbocycles. The SMILES string of the molecule is Cc1nc2cccc(N(C)CCN(C)C)c2c(=O)n1-c1ccc(Cl)cc1. The molecule has 0 saturated heterocycles. The van der Waals surface area contributed by atoms with Crippen molar-refractivity contribution >= 4 is 28.2 Å². The summed E-state index contributed by atoms with van der Waals surface area (Å²) in [7, 11) is 6.08. The molecule has 0 atom stereocenters. The summed E-state index contributed by atoms with van der Waals surface area (Å²) in [6.07, 6.45) is 0. The van der Waals surface area contributed by atoms with Crippen LogP contribution in [-0.4, -0.2) is 48.7 Å². The number of rotatable bonds is 5. The van der Waals surface area contributed by atoms with Gasteiger partial charge in [0.2, 0.25) is 0 Å². The van der Waals surface area contributed by atoms with Crippen LogP contribution in [0.3, 0.4) is 0 Å². The van der Waals surface area contributed by atoms with Gasteiger partial charge in [0, 0.05) is 25.2 Å². The lowest BCUT2D eigenvalue weighted by Gasteiger charge is -2.23. The van der Waals surface area contributed by atoms with Crippen LogP contribution in [0.15, 0.2) is 47.3 Å². The molecular formula is C20H23ClN4O. The van der Waals surface area contributed by atoms with E-state index in [9.17, 15) is 4.79 Å². The lowest BCUT2D eigenvalue weighted by molar-refractivity contribution is 0.416. The highest BCUT2D eigenvalue weighted by Gasteiger charge is 2.15. The molecule has 0 bridgehead atoms. The van der Waals surface area contributed by atoms with Gasteiger partial charge in [-0.1, -0.05) is 17.7 Å². The third-order valence-corrected chi connectivity index (χ3v) is 4.67. The predicted molar refractivity (Wildman–Crippen MR) is 109 cm³/mol. The average Bonchev–Trinajstić information content (AvgIpc) is 2.60. The summed E-state index contributed by atoms with van der Waals surface area (Å²) in [4.78, 5) is 22.2. The molecule has 0 amide bonds. The maximum atomic E-state index is 13.4. The van der Waals surface area contributed by atoms with Crippen molar-refractivity contribution in [3.05, 3.63) is 63.7 Å². The molecule has 0 fully saturated rings. The van der Waals surface area contributed by atoms with Crippen LogP contribution >= 0.6 is 11.6 Å². The van der Waals surface area contributed by atoms with Gasteiger partial charge in [-0.05, 0) is 57.4 Å². The highest BCUT2D eigenvalue weighted by Crippen LogP contribution is 2.23. The Morgan fingerprint density at radius 1 is 1.04 bits per heavy atom. The molecule has 0 N–H and O–H groups in total. The number of likely N-dealkylation sites (N-methyl/N-ethyl adjacent to an activating group) is 2. The summed E-state index contributed by atoms with van der Waals surface area (Å²) in [5, 5.41) is 1.27. The molecule has 6 heteroatoms. The summed E-state index contributed by atoms with van der Waals surface area (Å²) < 4.78 is 1.64. The number of hydrogen-bond donors (Lipinski definition) is 0. The van der Waals surface area contributed by atoms with E-state index in [0.717, 1.165) is 24.5 Å². The zero-order chi connectivity index (χ0) is 18.8. The molecule has 0 unspecified atom stereocenters. The fraction of sp³-hybridized carbons (Fsp3) is 0.300. The highest BCUT2D eigenvalue weighted by atomic mass is 35.5. The number of anilines is 1. The summed E-state index contributed by atoms with van der Waals surface area (Å²) in [6.45, 7) is 3.57. The van der Waals surface area contributed by atoms with E-state index in [1.54, 1.807) is 16.7 Å². The minimum atomic E-state index is -0.0675. The zero-order valence-corrected chi connectivity index (χ0v) is 16.3. The van der Waals surface area contributed by atoms with Gasteiger partial charge in [0.15, 0.2) is 0 Å². The van der Waals surface area contributed by atoms with E-state index in [2.05, 4.69) is 14.8 Å². The van der Waals surface area contributed by atoms with Gasteiger partial charge in [0.05, 0.1) is 22.3 Å². The maximum Gasteiger partial charge on any atom is 0.268 e. The van der Waals surface area contributed by atoms with Crippen molar-refractivity contribution in [2.75, 3.05) is 39.1 Å². The summed E-state index contributed by atoms with van der Waals surface area (Å²) in [5.74, 6) is 0.651. The normalized spacial score (nSPS) is 11.3. The first-order valence-electron chi connectivity index (χ1n) is 8.52. The van der Waals surface area contributed by atoms with Crippen molar-refractivity contribution in [1.82, 2.24) is 14.5 Å². The van der Waals surface area contributed by atoms with Gasteiger partial charge < -0.3 is 9.80 Å². The number of fused-ring (bicyclic) bond motifs is 1. The Morgan fingerprint density at radius 3 is 2.38 bits per heavy atom. The van der Waals surface area contributed by atoms with E-state index >= 15 is 0 Å². The third-order valence-electron chi connectivity index (χ3n) is 4.42. The fourth-order valence-electron chi connectivity index (χ4n) is 3.01. The Balaban J connectivity index is 2.19. The average molecular weight is 371 g/mol. The molecule has 2 aromatic carbocycles. The smallest absolute Gasteiger partial charge is 0.268 e. The van der Waals surface area contributed by atoms with Gasteiger partial charge in [0.1, 0.15) is 5.82 Å². The van der Waals surface area contributed by atoms with Crippen LogP contribution in [0.25, 0.3) is 16.6 Å². The van der Waals surface area contributed by atoms with Gasteiger partial charge in [-0.3, -0.25) is 9.36 Å². The summed E-state index contributed by atoms with van der Waals surface area (Å²) in [6, 6.07) is 13.0. The monoisotopic (exact) mass is 370 g/mol. The zero-order valence-electron chi connectivity index (χ0n) is 15.5. The van der Waals surface area contributed by atoms with Crippen molar-refractivity contribution in [2.45, 2.75) is 6.92 Å². The molecule has 0 radical (unpaired) electrons. The van der Waals surface area contributed by atoms with E-state index in [4.69, 9.17) is 11.6 Å². The highest BCUT2D eigenvalue weighted by molar-refractivity contribution is 6.30. The second-order valence-electron chi connectivity index (χ2n) is 6.67. The molecule has 1 heterocycles. The van der Waals surface area contributed by atoms with Crippen molar-refractivity contribution in [2.24, 2.45) is 0 Å². The van der Waals surface area contributed by atoms with Gasteiger partial charge in [0.25, 0.3) is 5.56 Å². The van der Waals surface area contributed by atoms with Crippen molar-refractivity contribution < 1.29 is 0 Å². The van der Waals surface area contributed by atoms with Gasteiger partial charge in [-0.2, -0.15) is 0 Å². The molecule has 0 spiro atoms. The van der Waals surface area contributed by atoms with Gasteiger partial charge >= 0.3 is 0 Å². The second kappa shape index (κ2) is 7.48. The number of aryl methyl sites for hydroxylation is 1. The van der Waals surface area contributed by atoms with Crippen molar-refractivity contribution in [1.29, 1.82) is 0 Å². The molecule has 136 valence electrons. The predicted octanol–water partition coefficient (Wildman–Crippen LogP) is 3.35. The van der Waals surface area contributed by atoms with Gasteiger partial charge in [-0.15, -0.1) is 0 Å². The molecule has 26 heavy (non-hydrogen) atoms. The number of aromatic nitrogens is 2. The Labute approximate surface area is 158 Å². The maximum absolute atomic E-state index is 13.4. The van der Waals surface area contributed by atoms with Gasteiger partial charge in [-0.25, -0.2) is 4.98 Å². The van der Waals surface area contributed by atoms with E-state index < -0.39 is 0 Å². The van der Waals surface area contributed by atoms with Crippen LogP contribution in [0.1, 0.15) is 5.82 Å². The second-order valence-corrected chi connectivity index (χ2v) is 7.11. The number of nitrogens with zero attached hydrogens (tertiary/aromatic N) is 4. The molecule has 3 rings (SSSR count). The third kappa shape index (κ3) is 3.59. The number of hydrogen-bond acceptors (Lipinski definition) is 4. The molecule has 0 aliphatic rings. The largest absolute Gasteiger partial charge is 0.373 e. The summed E-state index contributed by atoms with van der Waals surface area (Å²) in [5.41, 5.74) is 2.30. The molecule has 1 aromatic heterocycles.